The molecular weight excluding hydrogens is 394 g/mol. The lowest BCUT2D eigenvalue weighted by molar-refractivity contribution is 0.175. The Hall–Kier alpha value is -1.20. The maximum Gasteiger partial charge on any atom is 0.243 e. The predicted octanol–water partition coefficient (Wildman–Crippen LogP) is 1.30. The fourth-order valence-electron chi connectivity index (χ4n) is 2.56. The highest BCUT2D eigenvalue weighted by Crippen LogP contribution is 2.26. The summed E-state index contributed by atoms with van der Waals surface area (Å²) in [7, 11) is -2.52. The molecule has 0 bridgehead atoms. The van der Waals surface area contributed by atoms with Crippen LogP contribution in [0.15, 0.2) is 23.1 Å². The Bertz CT molecular complexity index is 781. The number of ether oxygens (including phenoxy) is 3. The molecule has 0 unspecified atom stereocenters. The molecule has 0 saturated carbocycles. The van der Waals surface area contributed by atoms with E-state index >= 15 is 0 Å². The molecule has 1 rings (SSSR count). The Morgan fingerprint density at radius 2 is 1.48 bits per heavy atom. The van der Waals surface area contributed by atoms with Crippen LogP contribution in [0.1, 0.15) is 18.4 Å². The standard InChI is InChI=1S/C17H29NO7S2/c1-23-11-5-9-18(10-6-12-24-2)27(21,22)16-8-7-15(14-26(4,19)20)17(13-16)25-3/h7-8,13H,5-6,9-12,14H2,1-4H3. The van der Waals surface area contributed by atoms with E-state index in [4.69, 9.17) is 14.2 Å². The lowest BCUT2D eigenvalue weighted by Crippen LogP contribution is -2.34. The maximum absolute atomic E-state index is 13.1. The molecule has 0 saturated heterocycles. The Balaban J connectivity index is 3.15. The summed E-state index contributed by atoms with van der Waals surface area (Å²) in [6.45, 7) is 1.53. The largest absolute Gasteiger partial charge is 0.496 e. The zero-order valence-corrected chi connectivity index (χ0v) is 17.9. The van der Waals surface area contributed by atoms with E-state index < -0.39 is 19.9 Å². The van der Waals surface area contributed by atoms with Gasteiger partial charge in [-0.1, -0.05) is 6.07 Å². The molecule has 8 nitrogen and oxygen atoms in total. The molecule has 27 heavy (non-hydrogen) atoms. The number of sulfone groups is 1. The average Bonchev–Trinajstić information content (AvgIpc) is 2.59. The first-order valence-corrected chi connectivity index (χ1v) is 12.0. The predicted molar refractivity (Wildman–Crippen MR) is 103 cm³/mol. The van der Waals surface area contributed by atoms with Crippen molar-refractivity contribution in [2.75, 3.05) is 53.9 Å². The van der Waals surface area contributed by atoms with E-state index in [1.807, 2.05) is 0 Å². The summed E-state index contributed by atoms with van der Waals surface area (Å²) in [6.07, 6.45) is 2.24. The van der Waals surface area contributed by atoms with Crippen LogP contribution in [0, 0.1) is 0 Å². The summed E-state index contributed by atoms with van der Waals surface area (Å²) in [6, 6.07) is 4.27. The van der Waals surface area contributed by atoms with Crippen molar-refractivity contribution in [3.8, 4) is 5.75 Å². The van der Waals surface area contributed by atoms with Gasteiger partial charge in [0.25, 0.3) is 0 Å². The van der Waals surface area contributed by atoms with Crippen LogP contribution in [-0.4, -0.2) is 75.0 Å². The summed E-state index contributed by atoms with van der Waals surface area (Å²) in [5, 5.41) is 0. The van der Waals surface area contributed by atoms with Crippen molar-refractivity contribution in [3.05, 3.63) is 23.8 Å². The molecule has 0 aromatic heterocycles. The number of rotatable bonds is 13. The third-order valence-corrected chi connectivity index (χ3v) is 6.56. The topological polar surface area (TPSA) is 99.2 Å². The van der Waals surface area contributed by atoms with Crippen LogP contribution < -0.4 is 4.74 Å². The molecule has 0 aliphatic heterocycles. The quantitative estimate of drug-likeness (QED) is 0.441. The van der Waals surface area contributed by atoms with Crippen molar-refractivity contribution in [2.24, 2.45) is 0 Å². The van der Waals surface area contributed by atoms with Crippen molar-refractivity contribution in [1.82, 2.24) is 4.31 Å². The third kappa shape index (κ3) is 7.74. The van der Waals surface area contributed by atoms with Crippen molar-refractivity contribution >= 4 is 19.9 Å². The van der Waals surface area contributed by atoms with E-state index in [-0.39, 0.29) is 16.4 Å². The molecule has 10 heteroatoms. The number of benzene rings is 1. The van der Waals surface area contributed by atoms with E-state index in [9.17, 15) is 16.8 Å². The number of hydrogen-bond acceptors (Lipinski definition) is 7. The minimum atomic E-state index is -3.76. The molecule has 0 aliphatic carbocycles. The van der Waals surface area contributed by atoms with Gasteiger partial charge in [0.1, 0.15) is 5.75 Å². The second-order valence-electron chi connectivity index (χ2n) is 6.14. The average molecular weight is 424 g/mol. The van der Waals surface area contributed by atoms with E-state index in [1.54, 1.807) is 14.2 Å². The Morgan fingerprint density at radius 3 is 1.93 bits per heavy atom. The van der Waals surface area contributed by atoms with Crippen molar-refractivity contribution in [1.29, 1.82) is 0 Å². The zero-order valence-electron chi connectivity index (χ0n) is 16.3. The minimum absolute atomic E-state index is 0.0615. The van der Waals surface area contributed by atoms with Gasteiger partial charge in [-0.2, -0.15) is 4.31 Å². The Labute approximate surface area is 162 Å². The summed E-state index contributed by atoms with van der Waals surface area (Å²) in [5.74, 6) is 0.0114. The molecule has 0 heterocycles. The minimum Gasteiger partial charge on any atom is -0.496 e. The van der Waals surface area contributed by atoms with E-state index in [0.717, 1.165) is 6.26 Å². The zero-order chi connectivity index (χ0) is 20.5. The first kappa shape index (κ1) is 23.8. The molecule has 0 spiro atoms. The molecule has 0 aliphatic rings. The lowest BCUT2D eigenvalue weighted by atomic mass is 10.2. The fraction of sp³-hybridized carbons (Fsp3) is 0.647. The van der Waals surface area contributed by atoms with Crippen LogP contribution in [0.4, 0.5) is 0 Å². The fourth-order valence-corrected chi connectivity index (χ4v) is 4.90. The second-order valence-corrected chi connectivity index (χ2v) is 10.2. The van der Waals surface area contributed by atoms with Gasteiger partial charge in [-0.05, 0) is 18.9 Å². The first-order valence-electron chi connectivity index (χ1n) is 8.48. The summed E-state index contributed by atoms with van der Waals surface area (Å²) in [4.78, 5) is 0.0615. The molecule has 156 valence electrons. The molecule has 0 amide bonds. The van der Waals surface area contributed by atoms with E-state index in [1.165, 1.54) is 29.6 Å². The smallest absolute Gasteiger partial charge is 0.243 e. The van der Waals surface area contributed by atoms with Gasteiger partial charge in [0.15, 0.2) is 9.84 Å². The number of methoxy groups -OCH3 is 3. The van der Waals surface area contributed by atoms with Crippen LogP contribution >= 0.6 is 0 Å². The molecule has 0 fully saturated rings. The normalized spacial score (nSPS) is 12.5. The molecule has 0 radical (unpaired) electrons. The van der Waals surface area contributed by atoms with Crippen LogP contribution in [0.5, 0.6) is 5.75 Å². The monoisotopic (exact) mass is 423 g/mol. The van der Waals surface area contributed by atoms with Gasteiger partial charge in [0.2, 0.25) is 10.0 Å². The van der Waals surface area contributed by atoms with Crippen molar-refractivity contribution in [2.45, 2.75) is 23.5 Å². The first-order chi connectivity index (χ1) is 12.7. The van der Waals surface area contributed by atoms with Gasteiger partial charge in [-0.3, -0.25) is 0 Å². The molecule has 0 atom stereocenters. The highest BCUT2D eigenvalue weighted by molar-refractivity contribution is 7.90. The molecule has 1 aromatic carbocycles. The third-order valence-electron chi connectivity index (χ3n) is 3.83. The Kier molecular flexibility index (Phi) is 9.68. The summed E-state index contributed by atoms with van der Waals surface area (Å²) in [5.41, 5.74) is 0.421. The molecule has 0 N–H and O–H groups in total. The maximum atomic E-state index is 13.1. The van der Waals surface area contributed by atoms with Crippen LogP contribution in [0.2, 0.25) is 0 Å². The van der Waals surface area contributed by atoms with Crippen molar-refractivity contribution < 1.29 is 31.0 Å². The van der Waals surface area contributed by atoms with Crippen LogP contribution in [0.3, 0.4) is 0 Å². The Morgan fingerprint density at radius 1 is 0.926 bits per heavy atom. The molecule has 1 aromatic rings. The SMILES string of the molecule is COCCCN(CCCOC)S(=O)(=O)c1ccc(CS(C)(=O)=O)c(OC)c1. The highest BCUT2D eigenvalue weighted by atomic mass is 32.2. The second kappa shape index (κ2) is 11.0. The molecular formula is C17H29NO7S2. The van der Waals surface area contributed by atoms with Gasteiger partial charge < -0.3 is 14.2 Å². The van der Waals surface area contributed by atoms with Gasteiger partial charge >= 0.3 is 0 Å². The number of sulfonamides is 1. The van der Waals surface area contributed by atoms with Gasteiger partial charge in [-0.15, -0.1) is 0 Å². The van der Waals surface area contributed by atoms with E-state index in [2.05, 4.69) is 0 Å². The summed E-state index contributed by atoms with van der Waals surface area (Å²) >= 11 is 0. The van der Waals surface area contributed by atoms with Crippen LogP contribution in [-0.2, 0) is 35.1 Å². The highest BCUT2D eigenvalue weighted by Gasteiger charge is 2.25. The van der Waals surface area contributed by atoms with Crippen molar-refractivity contribution in [3.63, 3.8) is 0 Å². The summed E-state index contributed by atoms with van der Waals surface area (Å²) < 4.78 is 65.8. The van der Waals surface area contributed by atoms with Gasteiger partial charge in [0.05, 0.1) is 17.8 Å². The van der Waals surface area contributed by atoms with Gasteiger partial charge in [0, 0.05) is 58.4 Å². The number of nitrogens with zero attached hydrogens (tertiary/aromatic N) is 1. The van der Waals surface area contributed by atoms with E-state index in [0.29, 0.717) is 44.7 Å². The number of hydrogen-bond donors (Lipinski definition) is 0. The van der Waals surface area contributed by atoms with Crippen LogP contribution in [0.25, 0.3) is 0 Å². The van der Waals surface area contributed by atoms with Gasteiger partial charge in [-0.25, -0.2) is 16.8 Å². The lowest BCUT2D eigenvalue weighted by Gasteiger charge is -2.22.